The van der Waals surface area contributed by atoms with Gasteiger partial charge in [-0.2, -0.15) is 0 Å². The van der Waals surface area contributed by atoms with E-state index in [1.54, 1.807) is 24.3 Å². The van der Waals surface area contributed by atoms with Crippen LogP contribution in [-0.4, -0.2) is 25.1 Å². The summed E-state index contributed by atoms with van der Waals surface area (Å²) in [6.45, 7) is 2.00. The number of carbonyl (C=O) groups is 1. The summed E-state index contributed by atoms with van der Waals surface area (Å²) in [5, 5.41) is 2.89. The summed E-state index contributed by atoms with van der Waals surface area (Å²) < 4.78 is 16.5. The van der Waals surface area contributed by atoms with E-state index in [0.29, 0.717) is 28.6 Å². The summed E-state index contributed by atoms with van der Waals surface area (Å²) >= 11 is 0. The number of benzene rings is 3. The van der Waals surface area contributed by atoms with Crippen molar-refractivity contribution in [2.45, 2.75) is 6.92 Å². The van der Waals surface area contributed by atoms with Crippen molar-refractivity contribution in [1.82, 2.24) is 4.98 Å². The van der Waals surface area contributed by atoms with E-state index < -0.39 is 0 Å². The number of nitrogens with zero attached hydrogens (tertiary/aromatic N) is 1. The lowest BCUT2D eigenvalue weighted by atomic mass is 10.1. The van der Waals surface area contributed by atoms with Crippen LogP contribution in [-0.2, 0) is 0 Å². The van der Waals surface area contributed by atoms with Gasteiger partial charge < -0.3 is 19.2 Å². The molecule has 0 spiro atoms. The molecule has 1 amide bonds. The van der Waals surface area contributed by atoms with Crippen molar-refractivity contribution >= 4 is 22.7 Å². The maximum absolute atomic E-state index is 12.9. The number of ether oxygens (including phenoxy) is 2. The van der Waals surface area contributed by atoms with Crippen LogP contribution in [0.15, 0.2) is 65.1 Å². The minimum atomic E-state index is -0.329. The molecular formula is C23H20N2O4. The molecular weight excluding hydrogens is 368 g/mol. The number of aryl methyl sites for hydroxylation is 1. The van der Waals surface area contributed by atoms with Crippen molar-refractivity contribution in [3.05, 3.63) is 71.8 Å². The highest BCUT2D eigenvalue weighted by Gasteiger charge is 2.18. The van der Waals surface area contributed by atoms with E-state index in [-0.39, 0.29) is 5.91 Å². The molecule has 4 aromatic rings. The van der Waals surface area contributed by atoms with Crippen LogP contribution in [0.5, 0.6) is 11.5 Å². The molecule has 146 valence electrons. The van der Waals surface area contributed by atoms with Gasteiger partial charge in [0, 0.05) is 11.3 Å². The van der Waals surface area contributed by atoms with Gasteiger partial charge >= 0.3 is 0 Å². The molecule has 0 saturated heterocycles. The number of methoxy groups -OCH3 is 2. The smallest absolute Gasteiger partial charge is 0.263 e. The fourth-order valence-electron chi connectivity index (χ4n) is 3.15. The van der Waals surface area contributed by atoms with Crippen LogP contribution in [0.25, 0.3) is 22.6 Å². The number of hydrogen-bond acceptors (Lipinski definition) is 5. The largest absolute Gasteiger partial charge is 0.496 e. The molecule has 0 radical (unpaired) electrons. The Morgan fingerprint density at radius 2 is 1.69 bits per heavy atom. The summed E-state index contributed by atoms with van der Waals surface area (Å²) in [5.74, 6) is 1.04. The third-order valence-corrected chi connectivity index (χ3v) is 4.57. The molecule has 0 aliphatic carbocycles. The number of fused-ring (bicyclic) bond motifs is 1. The Morgan fingerprint density at radius 1 is 0.966 bits per heavy atom. The van der Waals surface area contributed by atoms with E-state index in [2.05, 4.69) is 10.3 Å². The fraction of sp³-hybridized carbons (Fsp3) is 0.130. The van der Waals surface area contributed by atoms with Gasteiger partial charge in [-0.05, 0) is 55.0 Å². The van der Waals surface area contributed by atoms with Crippen LogP contribution >= 0.6 is 0 Å². The van der Waals surface area contributed by atoms with E-state index in [1.165, 1.54) is 14.2 Å². The second-order valence-electron chi connectivity index (χ2n) is 6.56. The predicted octanol–water partition coefficient (Wildman–Crippen LogP) is 5.07. The molecule has 0 aliphatic heterocycles. The first-order valence-electron chi connectivity index (χ1n) is 9.09. The molecule has 1 heterocycles. The molecule has 1 N–H and O–H groups in total. The summed E-state index contributed by atoms with van der Waals surface area (Å²) in [7, 11) is 3.03. The van der Waals surface area contributed by atoms with Gasteiger partial charge in [-0.15, -0.1) is 0 Å². The lowest BCUT2D eigenvalue weighted by Gasteiger charge is -2.13. The molecule has 0 bridgehead atoms. The van der Waals surface area contributed by atoms with Gasteiger partial charge in [0.2, 0.25) is 5.89 Å². The van der Waals surface area contributed by atoms with Crippen molar-refractivity contribution in [1.29, 1.82) is 0 Å². The van der Waals surface area contributed by atoms with Crippen LogP contribution in [0.2, 0.25) is 0 Å². The normalized spacial score (nSPS) is 10.7. The number of amides is 1. The zero-order chi connectivity index (χ0) is 20.4. The second kappa shape index (κ2) is 7.67. The van der Waals surface area contributed by atoms with E-state index in [4.69, 9.17) is 13.9 Å². The molecule has 0 atom stereocenters. The Kier molecular flexibility index (Phi) is 4.91. The Balaban J connectivity index is 1.65. The summed E-state index contributed by atoms with van der Waals surface area (Å²) in [6, 6.07) is 18.4. The van der Waals surface area contributed by atoms with Crippen LogP contribution in [0.1, 0.15) is 15.9 Å². The SMILES string of the molecule is COc1cccc(OC)c1C(=O)Nc1cccc(-c2nc3ccc(C)cc3o2)c1. The molecule has 0 saturated carbocycles. The first-order valence-corrected chi connectivity index (χ1v) is 9.09. The Hall–Kier alpha value is -3.80. The first kappa shape index (κ1) is 18.6. The zero-order valence-corrected chi connectivity index (χ0v) is 16.4. The van der Waals surface area contributed by atoms with Gasteiger partial charge in [-0.1, -0.05) is 18.2 Å². The predicted molar refractivity (Wildman–Crippen MR) is 112 cm³/mol. The molecule has 1 aromatic heterocycles. The van der Waals surface area contributed by atoms with Crippen molar-refractivity contribution in [2.24, 2.45) is 0 Å². The van der Waals surface area contributed by atoms with Gasteiger partial charge in [0.25, 0.3) is 5.91 Å². The molecule has 0 aliphatic rings. The molecule has 6 nitrogen and oxygen atoms in total. The monoisotopic (exact) mass is 388 g/mol. The van der Waals surface area contributed by atoms with Crippen molar-refractivity contribution in [3.63, 3.8) is 0 Å². The Bertz CT molecular complexity index is 1170. The standard InChI is InChI=1S/C23H20N2O4/c1-14-10-11-17-20(12-14)29-23(25-17)15-6-4-7-16(13-15)24-22(26)21-18(27-2)8-5-9-19(21)28-3/h4-13H,1-3H3,(H,24,26). The molecule has 0 unspecified atom stereocenters. The van der Waals surface area contributed by atoms with Gasteiger partial charge in [-0.25, -0.2) is 4.98 Å². The van der Waals surface area contributed by atoms with E-state index in [0.717, 1.165) is 22.2 Å². The number of aromatic nitrogens is 1. The number of hydrogen-bond donors (Lipinski definition) is 1. The lowest BCUT2D eigenvalue weighted by Crippen LogP contribution is -2.14. The van der Waals surface area contributed by atoms with Crippen molar-refractivity contribution < 1.29 is 18.7 Å². The van der Waals surface area contributed by atoms with Crippen LogP contribution in [0, 0.1) is 6.92 Å². The quantitative estimate of drug-likeness (QED) is 0.516. The average molecular weight is 388 g/mol. The van der Waals surface area contributed by atoms with Crippen molar-refractivity contribution in [2.75, 3.05) is 19.5 Å². The maximum atomic E-state index is 12.9. The third kappa shape index (κ3) is 3.65. The Morgan fingerprint density at radius 3 is 2.41 bits per heavy atom. The lowest BCUT2D eigenvalue weighted by molar-refractivity contribution is 0.102. The third-order valence-electron chi connectivity index (χ3n) is 4.57. The van der Waals surface area contributed by atoms with Crippen molar-refractivity contribution in [3.8, 4) is 23.0 Å². The number of carbonyl (C=O) groups excluding carboxylic acids is 1. The average Bonchev–Trinajstić information content (AvgIpc) is 3.16. The highest BCUT2D eigenvalue weighted by Crippen LogP contribution is 2.30. The van der Waals surface area contributed by atoms with Crippen LogP contribution in [0.3, 0.4) is 0 Å². The maximum Gasteiger partial charge on any atom is 0.263 e. The number of nitrogens with one attached hydrogen (secondary N) is 1. The first-order chi connectivity index (χ1) is 14.1. The fourth-order valence-corrected chi connectivity index (χ4v) is 3.15. The van der Waals surface area contributed by atoms with Gasteiger partial charge in [0.15, 0.2) is 5.58 Å². The summed E-state index contributed by atoms with van der Waals surface area (Å²) in [6.07, 6.45) is 0. The molecule has 6 heteroatoms. The topological polar surface area (TPSA) is 73.6 Å². The van der Waals surface area contributed by atoms with E-state index in [1.807, 2.05) is 43.3 Å². The number of oxazole rings is 1. The van der Waals surface area contributed by atoms with Crippen LogP contribution < -0.4 is 14.8 Å². The Labute approximate surface area is 168 Å². The molecule has 29 heavy (non-hydrogen) atoms. The molecule has 0 fully saturated rings. The summed E-state index contributed by atoms with van der Waals surface area (Å²) in [5.41, 5.74) is 4.33. The van der Waals surface area contributed by atoms with Gasteiger partial charge in [-0.3, -0.25) is 4.79 Å². The second-order valence-corrected chi connectivity index (χ2v) is 6.56. The minimum absolute atomic E-state index is 0.329. The summed E-state index contributed by atoms with van der Waals surface area (Å²) in [4.78, 5) is 17.4. The molecule has 3 aromatic carbocycles. The number of anilines is 1. The van der Waals surface area contributed by atoms with Gasteiger partial charge in [0.05, 0.1) is 14.2 Å². The molecule has 4 rings (SSSR count). The van der Waals surface area contributed by atoms with E-state index in [9.17, 15) is 4.79 Å². The van der Waals surface area contributed by atoms with Gasteiger partial charge in [0.1, 0.15) is 22.6 Å². The zero-order valence-electron chi connectivity index (χ0n) is 16.4. The highest BCUT2D eigenvalue weighted by atomic mass is 16.5. The number of rotatable bonds is 5. The minimum Gasteiger partial charge on any atom is -0.496 e. The van der Waals surface area contributed by atoms with E-state index >= 15 is 0 Å². The highest BCUT2D eigenvalue weighted by molar-refractivity contribution is 6.08. The van der Waals surface area contributed by atoms with Crippen LogP contribution in [0.4, 0.5) is 5.69 Å².